The Labute approximate surface area is 210 Å². The molecule has 3 N–H and O–H groups in total. The largest absolute Gasteiger partial charge is 0.346 e. The monoisotopic (exact) mass is 477 g/mol. The van der Waals surface area contributed by atoms with E-state index in [-0.39, 0.29) is 23.8 Å². The van der Waals surface area contributed by atoms with Crippen LogP contribution in [0, 0.1) is 6.92 Å². The summed E-state index contributed by atoms with van der Waals surface area (Å²) in [5.41, 5.74) is 4.46. The van der Waals surface area contributed by atoms with Crippen molar-refractivity contribution in [1.29, 1.82) is 0 Å². The molecule has 0 aromatic heterocycles. The number of hydrogen-bond acceptors (Lipinski definition) is 3. The summed E-state index contributed by atoms with van der Waals surface area (Å²) in [6.45, 7) is 3.75. The van der Waals surface area contributed by atoms with Gasteiger partial charge in [-0.2, -0.15) is 0 Å². The van der Waals surface area contributed by atoms with Crippen molar-refractivity contribution in [3.63, 3.8) is 0 Å². The lowest BCUT2D eigenvalue weighted by Gasteiger charge is -2.17. The molecule has 0 radical (unpaired) electrons. The van der Waals surface area contributed by atoms with Crippen molar-refractivity contribution in [2.24, 2.45) is 0 Å². The predicted octanol–water partition coefficient (Wildman–Crippen LogP) is 5.99. The Morgan fingerprint density at radius 3 is 1.86 bits per heavy atom. The van der Waals surface area contributed by atoms with E-state index >= 15 is 0 Å². The summed E-state index contributed by atoms with van der Waals surface area (Å²) in [4.78, 5) is 38.0. The second-order valence-electron chi connectivity index (χ2n) is 8.49. The second-order valence-corrected chi connectivity index (χ2v) is 8.49. The maximum atomic E-state index is 13.0. The molecule has 4 rings (SSSR count). The van der Waals surface area contributed by atoms with Gasteiger partial charge in [0.05, 0.1) is 6.04 Å². The van der Waals surface area contributed by atoms with E-state index in [4.69, 9.17) is 0 Å². The number of anilines is 2. The number of carbonyl (C=O) groups is 3. The zero-order valence-electron chi connectivity index (χ0n) is 20.1. The predicted molar refractivity (Wildman–Crippen MR) is 142 cm³/mol. The molecule has 0 bridgehead atoms. The van der Waals surface area contributed by atoms with Crippen LogP contribution in [0.4, 0.5) is 11.4 Å². The van der Waals surface area contributed by atoms with Crippen molar-refractivity contribution < 1.29 is 14.4 Å². The molecule has 4 aromatic rings. The minimum Gasteiger partial charge on any atom is -0.346 e. The van der Waals surface area contributed by atoms with Gasteiger partial charge in [-0.15, -0.1) is 0 Å². The van der Waals surface area contributed by atoms with Crippen LogP contribution in [0.15, 0.2) is 103 Å². The van der Waals surface area contributed by atoms with Gasteiger partial charge in [-0.3, -0.25) is 14.4 Å². The number of carbonyl (C=O) groups excluding carboxylic acids is 3. The topological polar surface area (TPSA) is 87.3 Å². The van der Waals surface area contributed by atoms with Crippen molar-refractivity contribution in [1.82, 2.24) is 5.32 Å². The molecule has 6 heteroatoms. The van der Waals surface area contributed by atoms with E-state index < -0.39 is 0 Å². The van der Waals surface area contributed by atoms with Crippen LogP contribution < -0.4 is 16.0 Å². The van der Waals surface area contributed by atoms with Gasteiger partial charge < -0.3 is 16.0 Å². The number of aryl methyl sites for hydroxylation is 1. The standard InChI is InChI=1S/C30H27N3O3/c1-20-16-17-25(19-27(20)33-29(35)23-12-7-4-8-13-23)30(36)31-21(2)24-14-9-15-26(18-24)32-28(34)22-10-5-3-6-11-22/h3-19,21H,1-2H3,(H,31,36)(H,32,34)(H,33,35). The molecule has 0 aliphatic rings. The number of benzene rings is 4. The van der Waals surface area contributed by atoms with Gasteiger partial charge in [0.1, 0.15) is 0 Å². The Balaban J connectivity index is 1.43. The molecule has 0 saturated carbocycles. The van der Waals surface area contributed by atoms with Crippen LogP contribution in [-0.2, 0) is 0 Å². The van der Waals surface area contributed by atoms with Gasteiger partial charge in [-0.05, 0) is 73.5 Å². The Bertz CT molecular complexity index is 1390. The molecular weight excluding hydrogens is 450 g/mol. The summed E-state index contributed by atoms with van der Waals surface area (Å²) in [5.74, 6) is -0.704. The van der Waals surface area contributed by atoms with Crippen LogP contribution in [0.3, 0.4) is 0 Å². The lowest BCUT2D eigenvalue weighted by Crippen LogP contribution is -2.27. The summed E-state index contributed by atoms with van der Waals surface area (Å²) in [5, 5.41) is 8.77. The maximum absolute atomic E-state index is 13.0. The second kappa shape index (κ2) is 11.1. The number of rotatable bonds is 7. The fraction of sp³-hybridized carbons (Fsp3) is 0.100. The number of amides is 3. The van der Waals surface area contributed by atoms with E-state index in [1.807, 2.05) is 56.3 Å². The Kier molecular flexibility index (Phi) is 7.56. The molecule has 0 aliphatic carbocycles. The first-order chi connectivity index (χ1) is 17.4. The summed E-state index contributed by atoms with van der Waals surface area (Å²) in [6, 6.07) is 30.2. The van der Waals surface area contributed by atoms with E-state index in [2.05, 4.69) is 16.0 Å². The molecule has 0 saturated heterocycles. The minimum atomic E-state index is -0.310. The van der Waals surface area contributed by atoms with Crippen LogP contribution in [-0.4, -0.2) is 17.7 Å². The highest BCUT2D eigenvalue weighted by Crippen LogP contribution is 2.21. The lowest BCUT2D eigenvalue weighted by atomic mass is 10.1. The molecule has 0 aliphatic heterocycles. The summed E-state index contributed by atoms with van der Waals surface area (Å²) < 4.78 is 0. The molecule has 1 atom stereocenters. The molecule has 0 spiro atoms. The van der Waals surface area contributed by atoms with Gasteiger partial charge in [0.25, 0.3) is 17.7 Å². The van der Waals surface area contributed by atoms with Gasteiger partial charge in [0.15, 0.2) is 0 Å². The third kappa shape index (κ3) is 6.04. The molecular formula is C30H27N3O3. The number of nitrogens with one attached hydrogen (secondary N) is 3. The molecule has 180 valence electrons. The van der Waals surface area contributed by atoms with Crippen molar-refractivity contribution in [3.8, 4) is 0 Å². The molecule has 0 heterocycles. The summed E-state index contributed by atoms with van der Waals surface area (Å²) in [7, 11) is 0. The molecule has 0 fully saturated rings. The molecule has 3 amide bonds. The Morgan fingerprint density at radius 1 is 0.611 bits per heavy atom. The van der Waals surface area contributed by atoms with Crippen LogP contribution in [0.1, 0.15) is 55.2 Å². The molecule has 1 unspecified atom stereocenters. The first-order valence-electron chi connectivity index (χ1n) is 11.6. The quantitative estimate of drug-likeness (QED) is 0.305. The van der Waals surface area contributed by atoms with E-state index in [9.17, 15) is 14.4 Å². The van der Waals surface area contributed by atoms with Gasteiger partial charge in [-0.1, -0.05) is 54.6 Å². The Hall–Kier alpha value is -4.71. The molecule has 36 heavy (non-hydrogen) atoms. The van der Waals surface area contributed by atoms with Crippen LogP contribution in [0.5, 0.6) is 0 Å². The van der Waals surface area contributed by atoms with Crippen LogP contribution in [0.2, 0.25) is 0 Å². The minimum absolute atomic E-state index is 0.200. The van der Waals surface area contributed by atoms with Crippen LogP contribution in [0.25, 0.3) is 0 Å². The lowest BCUT2D eigenvalue weighted by molar-refractivity contribution is 0.0938. The Morgan fingerprint density at radius 2 is 1.22 bits per heavy atom. The first kappa shape index (κ1) is 24.4. The zero-order chi connectivity index (χ0) is 25.5. The maximum Gasteiger partial charge on any atom is 0.255 e. The van der Waals surface area contributed by atoms with Gasteiger partial charge >= 0.3 is 0 Å². The third-order valence-electron chi connectivity index (χ3n) is 5.81. The number of hydrogen-bond donors (Lipinski definition) is 3. The average molecular weight is 478 g/mol. The van der Waals surface area contributed by atoms with Gasteiger partial charge in [0.2, 0.25) is 0 Å². The fourth-order valence-corrected chi connectivity index (χ4v) is 3.72. The van der Waals surface area contributed by atoms with Crippen molar-refractivity contribution in [2.45, 2.75) is 19.9 Å². The third-order valence-corrected chi connectivity index (χ3v) is 5.81. The normalized spacial score (nSPS) is 11.3. The van der Waals surface area contributed by atoms with Gasteiger partial charge in [-0.25, -0.2) is 0 Å². The smallest absolute Gasteiger partial charge is 0.255 e. The first-order valence-corrected chi connectivity index (χ1v) is 11.6. The average Bonchev–Trinajstić information content (AvgIpc) is 2.91. The summed E-state index contributed by atoms with van der Waals surface area (Å²) >= 11 is 0. The zero-order valence-corrected chi connectivity index (χ0v) is 20.1. The highest BCUT2D eigenvalue weighted by Gasteiger charge is 2.15. The van der Waals surface area contributed by atoms with Crippen molar-refractivity contribution in [3.05, 3.63) is 131 Å². The van der Waals surface area contributed by atoms with E-state index in [1.54, 1.807) is 60.7 Å². The molecule has 6 nitrogen and oxygen atoms in total. The van der Waals surface area contributed by atoms with E-state index in [0.29, 0.717) is 28.1 Å². The van der Waals surface area contributed by atoms with Crippen molar-refractivity contribution >= 4 is 29.1 Å². The highest BCUT2D eigenvalue weighted by molar-refractivity contribution is 6.06. The van der Waals surface area contributed by atoms with Crippen LogP contribution >= 0.6 is 0 Å². The van der Waals surface area contributed by atoms with Crippen molar-refractivity contribution in [2.75, 3.05) is 10.6 Å². The fourth-order valence-electron chi connectivity index (χ4n) is 3.72. The summed E-state index contributed by atoms with van der Waals surface area (Å²) in [6.07, 6.45) is 0. The molecule has 4 aromatic carbocycles. The van der Waals surface area contributed by atoms with E-state index in [0.717, 1.165) is 11.1 Å². The van der Waals surface area contributed by atoms with Gasteiger partial charge in [0, 0.05) is 28.1 Å². The highest BCUT2D eigenvalue weighted by atomic mass is 16.2. The van der Waals surface area contributed by atoms with E-state index in [1.165, 1.54) is 0 Å². The SMILES string of the molecule is Cc1ccc(C(=O)NC(C)c2cccc(NC(=O)c3ccccc3)c2)cc1NC(=O)c1ccccc1.